The number of hydrogen-bond donors (Lipinski definition) is 0. The number of rotatable bonds is 14. The Hall–Kier alpha value is -14.4. The number of nitrogens with zero attached hydrogens (tertiary/aromatic N) is 3. The van der Waals surface area contributed by atoms with E-state index in [1.165, 1.54) is 150 Å². The van der Waals surface area contributed by atoms with Gasteiger partial charge in [-0.1, -0.05) is 411 Å². The Morgan fingerprint density at radius 3 is 0.756 bits per heavy atom. The lowest BCUT2D eigenvalue weighted by molar-refractivity contribution is 0.299. The third-order valence-corrected chi connectivity index (χ3v) is 29.3. The van der Waals surface area contributed by atoms with E-state index in [-0.39, 0.29) is 32.5 Å². The second kappa shape index (κ2) is 33.3. The fraction of sp³-hybridized carbons (Fsp3) is 0.145. The zero-order valence-corrected chi connectivity index (χ0v) is 75.0. The quantitative estimate of drug-likeness (QED) is 0.107. The summed E-state index contributed by atoms with van der Waals surface area (Å²) in [5, 5.41) is 2.52. The van der Waals surface area contributed by atoms with Crippen molar-refractivity contribution in [3.8, 4) is 89.0 Å². The summed E-state index contributed by atoms with van der Waals surface area (Å²) in [6.07, 6.45) is 0. The van der Waals surface area contributed by atoms with Crippen molar-refractivity contribution >= 4 is 62.0 Å². The summed E-state index contributed by atoms with van der Waals surface area (Å²) in [7, 11) is 0. The molecule has 0 amide bonds. The van der Waals surface area contributed by atoms with Crippen LogP contribution in [-0.4, -0.2) is 0 Å². The zero-order valence-electron chi connectivity index (χ0n) is 75.0. The first-order valence-electron chi connectivity index (χ1n) is 44.9. The molecule has 0 heterocycles. The monoisotopic (exact) mass is 1640 g/mol. The number of anilines is 9. The molecule has 0 bridgehead atoms. The predicted octanol–water partition coefficient (Wildman–Crippen LogP) is 34.7. The summed E-state index contributed by atoms with van der Waals surface area (Å²) in [4.78, 5) is 7.18. The van der Waals surface area contributed by atoms with Gasteiger partial charge in [0.1, 0.15) is 0 Å². The third kappa shape index (κ3) is 14.9. The smallest absolute Gasteiger partial charge is 0.0467 e. The normalized spacial score (nSPS) is 14.5. The minimum absolute atomic E-state index is 0.00942. The number of hydrogen-bond acceptors (Lipinski definition) is 3. The molecule has 3 aliphatic carbocycles. The highest BCUT2D eigenvalue weighted by molar-refractivity contribution is 5.93. The van der Waals surface area contributed by atoms with Crippen molar-refractivity contribution < 1.29 is 0 Å². The molecule has 0 aliphatic heterocycles. The van der Waals surface area contributed by atoms with Gasteiger partial charge in [0.15, 0.2) is 0 Å². The molecule has 3 aliphatic rings. The minimum atomic E-state index is -0.0640. The second-order valence-corrected chi connectivity index (χ2v) is 37.7. The van der Waals surface area contributed by atoms with Crippen LogP contribution in [0, 0.1) is 0 Å². The van der Waals surface area contributed by atoms with Crippen LogP contribution in [0.4, 0.5) is 51.2 Å². The molecule has 0 atom stereocenters. The standard InChI is InChI=1S/2C42H37N.C40H35N/c1-41(2)39-25-14-13-24-37(39)38-27-26-34(29-40(38)42(41,3)4)43(32-19-9-6-10-20-32)33-21-15-18-31(28-33)36-23-12-11-22-35(36)30-16-7-5-8-17-30;1-41(2)39-18-12-11-17-37(39)38-28-27-36(29-40(38)42(41,3)4)43(34-15-9-6-10-16-34)35-25-23-33(24-26-35)32-21-19-31(20-22-32)30-13-7-5-8-14-30;1-39(2)37-20-11-10-19-35(37)36-24-23-34(27-38(36)40(39,3)4)41(32-16-6-5-7-17-32)33-18-12-15-30(26-33)31-22-21-28-13-8-9-14-29(28)25-31/h2*5-29H,1-4H3;5-27H,1-4H3. The van der Waals surface area contributed by atoms with Crippen molar-refractivity contribution in [3.05, 3.63) is 476 Å². The Morgan fingerprint density at radius 1 is 0.126 bits per heavy atom. The van der Waals surface area contributed by atoms with E-state index in [0.717, 1.165) is 34.1 Å². The van der Waals surface area contributed by atoms with E-state index in [2.05, 4.69) is 541 Å². The first kappa shape index (κ1) is 82.2. The third-order valence-electron chi connectivity index (χ3n) is 29.3. The van der Waals surface area contributed by atoms with Crippen LogP contribution in [0.3, 0.4) is 0 Å². The van der Waals surface area contributed by atoms with Crippen molar-refractivity contribution in [2.24, 2.45) is 0 Å². The summed E-state index contributed by atoms with van der Waals surface area (Å²) >= 11 is 0. The van der Waals surface area contributed by atoms with E-state index in [4.69, 9.17) is 0 Å². The van der Waals surface area contributed by atoms with Gasteiger partial charge in [-0.25, -0.2) is 0 Å². The van der Waals surface area contributed by atoms with Crippen LogP contribution in [0.2, 0.25) is 0 Å². The highest BCUT2D eigenvalue weighted by Crippen LogP contribution is 2.59. The van der Waals surface area contributed by atoms with Crippen molar-refractivity contribution in [2.45, 2.75) is 116 Å². The van der Waals surface area contributed by atoms with Crippen LogP contribution in [0.25, 0.3) is 99.8 Å². The summed E-state index contributed by atoms with van der Waals surface area (Å²) in [6.45, 7) is 28.8. The number of para-hydroxylation sites is 3. The Labute approximate surface area is 752 Å². The Morgan fingerprint density at radius 2 is 0.354 bits per heavy atom. The molecular weight excluding hydrogens is 1530 g/mol. The summed E-state index contributed by atoms with van der Waals surface area (Å²) < 4.78 is 0. The fourth-order valence-electron chi connectivity index (χ4n) is 20.1. The first-order valence-corrected chi connectivity index (χ1v) is 44.9. The van der Waals surface area contributed by atoms with Crippen LogP contribution in [0.5, 0.6) is 0 Å². The lowest BCUT2D eigenvalue weighted by Gasteiger charge is -2.48. The Balaban J connectivity index is 0.000000124. The largest absolute Gasteiger partial charge is 0.310 e. The first-order chi connectivity index (χ1) is 61.5. The molecule has 3 nitrogen and oxygen atoms in total. The van der Waals surface area contributed by atoms with Gasteiger partial charge in [-0.05, 0) is 281 Å². The molecule has 3 heteroatoms. The molecule has 127 heavy (non-hydrogen) atoms. The van der Waals surface area contributed by atoms with Crippen LogP contribution < -0.4 is 14.7 Å². The molecule has 0 aromatic heterocycles. The average Bonchev–Trinajstić information content (AvgIpc) is 0.720. The molecule has 620 valence electrons. The maximum atomic E-state index is 2.44. The maximum Gasteiger partial charge on any atom is 0.0467 e. The van der Waals surface area contributed by atoms with Crippen molar-refractivity contribution in [3.63, 3.8) is 0 Å². The van der Waals surface area contributed by atoms with Crippen molar-refractivity contribution in [1.29, 1.82) is 0 Å². The Kier molecular flexibility index (Phi) is 21.5. The predicted molar refractivity (Wildman–Crippen MR) is 543 cm³/mol. The molecule has 0 spiro atoms. The minimum Gasteiger partial charge on any atom is -0.310 e. The molecule has 18 aromatic carbocycles. The van der Waals surface area contributed by atoms with E-state index in [1.807, 2.05) is 0 Å². The fourth-order valence-corrected chi connectivity index (χ4v) is 20.1. The van der Waals surface area contributed by atoms with Gasteiger partial charge in [-0.2, -0.15) is 0 Å². The summed E-state index contributed by atoms with van der Waals surface area (Å²) in [6, 6.07) is 161. The topological polar surface area (TPSA) is 9.72 Å². The number of benzene rings is 18. The molecule has 0 unspecified atom stereocenters. The van der Waals surface area contributed by atoms with Crippen LogP contribution in [-0.2, 0) is 32.5 Å². The van der Waals surface area contributed by atoms with Gasteiger partial charge in [0.05, 0.1) is 0 Å². The van der Waals surface area contributed by atoms with Gasteiger partial charge in [0.2, 0.25) is 0 Å². The average molecular weight is 1640 g/mol. The summed E-state index contributed by atoms with van der Waals surface area (Å²) in [5.74, 6) is 0. The van der Waals surface area contributed by atoms with Gasteiger partial charge in [-0.15, -0.1) is 0 Å². The summed E-state index contributed by atoms with van der Waals surface area (Å²) in [5.41, 5.74) is 38.9. The van der Waals surface area contributed by atoms with Crippen LogP contribution in [0.15, 0.2) is 443 Å². The molecule has 0 radical (unpaired) electrons. The lowest BCUT2D eigenvalue weighted by atomic mass is 9.55. The van der Waals surface area contributed by atoms with Gasteiger partial charge in [0.25, 0.3) is 0 Å². The van der Waals surface area contributed by atoms with Crippen molar-refractivity contribution in [1.82, 2.24) is 0 Å². The van der Waals surface area contributed by atoms with Crippen molar-refractivity contribution in [2.75, 3.05) is 14.7 Å². The van der Waals surface area contributed by atoms with Gasteiger partial charge in [0, 0.05) is 51.2 Å². The van der Waals surface area contributed by atoms with Gasteiger partial charge < -0.3 is 14.7 Å². The molecule has 21 rings (SSSR count). The molecule has 0 N–H and O–H groups in total. The zero-order chi connectivity index (χ0) is 87.4. The molecule has 0 fully saturated rings. The highest BCUT2D eigenvalue weighted by Gasteiger charge is 2.49. The molecular formula is C124H109N3. The van der Waals surface area contributed by atoms with Crippen LogP contribution >= 0.6 is 0 Å². The van der Waals surface area contributed by atoms with E-state index in [1.54, 1.807) is 0 Å². The van der Waals surface area contributed by atoms with E-state index < -0.39 is 0 Å². The van der Waals surface area contributed by atoms with Gasteiger partial charge in [-0.3, -0.25) is 0 Å². The highest BCUT2D eigenvalue weighted by atomic mass is 15.2. The molecule has 0 saturated heterocycles. The van der Waals surface area contributed by atoms with E-state index in [0.29, 0.717) is 0 Å². The molecule has 0 saturated carbocycles. The number of fused-ring (bicyclic) bond motifs is 10. The van der Waals surface area contributed by atoms with Crippen LogP contribution in [0.1, 0.15) is 116 Å². The maximum absolute atomic E-state index is 2.44. The second-order valence-electron chi connectivity index (χ2n) is 37.7. The Bertz CT molecular complexity index is 7040. The van der Waals surface area contributed by atoms with Gasteiger partial charge >= 0.3 is 0 Å². The van der Waals surface area contributed by atoms with E-state index >= 15 is 0 Å². The molecule has 18 aromatic rings. The van der Waals surface area contributed by atoms with E-state index in [9.17, 15) is 0 Å². The SMILES string of the molecule is CC1(C)c2ccccc2-c2ccc(N(c3ccccc3)c3ccc(-c4ccc(-c5ccccc5)cc4)cc3)cc2C1(C)C.CC1(C)c2ccccc2-c2ccc(N(c3ccccc3)c3cccc(-c4ccc5ccccc5c4)c3)cc2C1(C)C.CC1(C)c2ccccc2-c2ccc(N(c3ccccc3)c3cccc(-c4ccccc4-c4ccccc4)c3)cc2C1(C)C. The lowest BCUT2D eigenvalue weighted by Crippen LogP contribution is -2.43.